The number of rotatable bonds is 12. The summed E-state index contributed by atoms with van der Waals surface area (Å²) in [5.74, 6) is 0.995. The van der Waals surface area contributed by atoms with E-state index in [1.54, 1.807) is 72.6 Å². The Balaban J connectivity index is 0.000000133. The first-order chi connectivity index (χ1) is 41.4. The minimum absolute atomic E-state index is 0.0175. The number of H-pyrrole nitrogens is 3. The zero-order valence-corrected chi connectivity index (χ0v) is 46.5. The molecule has 25 nitrogen and oxygen atoms in total. The number of nitrogens with zero attached hydrogens (tertiary/aromatic N) is 11. The molecule has 0 radical (unpaired) electrons. The Bertz CT molecular complexity index is 4490. The predicted molar refractivity (Wildman–Crippen MR) is 324 cm³/mol. The third kappa shape index (κ3) is 12.4. The normalized spacial score (nSPS) is 11.5. The van der Waals surface area contributed by atoms with Crippen LogP contribution in [0, 0.1) is 0 Å². The fraction of sp³-hybridized carbons (Fsp3) is 0.167. The quantitative estimate of drug-likeness (QED) is 0.0566. The van der Waals surface area contributed by atoms with Crippen LogP contribution in [0.15, 0.2) is 162 Å². The topological polar surface area (TPSA) is 312 Å². The van der Waals surface area contributed by atoms with E-state index in [1.807, 2.05) is 116 Å². The molecular formula is C60H57N19O6. The molecule has 0 spiro atoms. The number of pyridine rings is 4. The minimum atomic E-state index is -0.556. The Morgan fingerprint density at radius 2 is 1.16 bits per heavy atom. The van der Waals surface area contributed by atoms with E-state index >= 15 is 0 Å². The summed E-state index contributed by atoms with van der Waals surface area (Å²) in [6, 6.07) is 31.5. The maximum absolute atomic E-state index is 12.5. The lowest BCUT2D eigenvalue weighted by Gasteiger charge is -2.09. The Hall–Kier alpha value is -11.5. The van der Waals surface area contributed by atoms with Crippen LogP contribution in [0.1, 0.15) is 32.9 Å². The van der Waals surface area contributed by atoms with Crippen molar-refractivity contribution < 1.29 is 19.1 Å². The van der Waals surface area contributed by atoms with Crippen molar-refractivity contribution in [3.8, 4) is 56.0 Å². The van der Waals surface area contributed by atoms with Gasteiger partial charge < -0.3 is 39.5 Å². The van der Waals surface area contributed by atoms with E-state index in [0.29, 0.717) is 47.5 Å². The first-order valence-electron chi connectivity index (χ1n) is 27.3. The van der Waals surface area contributed by atoms with Crippen LogP contribution in [0.2, 0.25) is 0 Å². The fourth-order valence-electron chi connectivity index (χ4n) is 9.73. The van der Waals surface area contributed by atoms with E-state index in [4.69, 9.17) is 4.74 Å². The van der Waals surface area contributed by atoms with Crippen LogP contribution >= 0.6 is 0 Å². The van der Waals surface area contributed by atoms with Crippen LogP contribution < -0.4 is 37.7 Å². The van der Waals surface area contributed by atoms with Gasteiger partial charge in [-0.25, -0.2) is 38.7 Å². The summed E-state index contributed by atoms with van der Waals surface area (Å²) in [7, 11) is 1.71. The molecule has 13 rings (SSSR count). The lowest BCUT2D eigenvalue weighted by molar-refractivity contribution is 0.167. The molecule has 9 aromatic heterocycles. The predicted octanol–water partition coefficient (Wildman–Crippen LogP) is 9.18. The molecule has 8 N–H and O–H groups in total. The van der Waals surface area contributed by atoms with Crippen molar-refractivity contribution in [2.45, 2.75) is 40.2 Å². The number of hydrogen-bond acceptors (Lipinski definition) is 13. The summed E-state index contributed by atoms with van der Waals surface area (Å²) in [5.41, 5.74) is 13.7. The standard InChI is InChI=1S/C21H21N7O2.C21H20N6O2.C18H16N6O2/c1-2-22-21(30)26-20-24-16-10-14(11-17(19(16)25-20)28-8-4-6-23-28)13-9-15-5-3-7-27(15)18(29)12-13;1-3-22-21(29)26-20-24-17-11-14(13-7-9-27(2)18(28)12-13)10-15(19(17)25-20)16-6-4-5-8-23-16;1-2-26-18(25)23-17-21-14-9-13(12-5-3-6-19-11-12)10-15(16(14)22-17)24-8-4-7-20-24/h4,6,8-12H,2-3,5,7H2,1H3,(H3,22,24,25,26,30);4-12H,3H2,1-2H3,(H3,22,24,25,26,29);3-11H,2H2,1H3,(H2,21,22,23,25). The molecule has 5 amide bonds. The number of aromatic nitrogens is 14. The first-order valence-corrected chi connectivity index (χ1v) is 27.3. The number of imidazole rings is 3. The van der Waals surface area contributed by atoms with Crippen molar-refractivity contribution in [3.05, 3.63) is 179 Å². The Labute approximate surface area is 483 Å². The number of hydrogen-bond donors (Lipinski definition) is 8. The zero-order valence-electron chi connectivity index (χ0n) is 46.5. The van der Waals surface area contributed by atoms with Gasteiger partial charge in [0.05, 0.1) is 45.7 Å². The fourth-order valence-corrected chi connectivity index (χ4v) is 9.73. The number of aromatic amines is 3. The summed E-state index contributed by atoms with van der Waals surface area (Å²) >= 11 is 0. The molecular weight excluding hydrogens is 1080 g/mol. The van der Waals surface area contributed by atoms with Crippen LogP contribution in [0.5, 0.6) is 0 Å². The second-order valence-corrected chi connectivity index (χ2v) is 19.3. The Morgan fingerprint density at radius 1 is 0.576 bits per heavy atom. The molecule has 0 saturated heterocycles. The average Bonchev–Trinajstić information content (AvgIpc) is 3.05. The largest absolute Gasteiger partial charge is 0.450 e. The number of benzene rings is 3. The number of anilines is 3. The minimum Gasteiger partial charge on any atom is -0.450 e. The van der Waals surface area contributed by atoms with E-state index in [2.05, 4.69) is 82.7 Å². The van der Waals surface area contributed by atoms with Gasteiger partial charge in [0.1, 0.15) is 11.0 Å². The van der Waals surface area contributed by atoms with E-state index in [0.717, 1.165) is 97.6 Å². The van der Waals surface area contributed by atoms with Gasteiger partial charge >= 0.3 is 18.2 Å². The summed E-state index contributed by atoms with van der Waals surface area (Å²) in [4.78, 5) is 91.7. The molecule has 0 unspecified atom stereocenters. The highest BCUT2D eigenvalue weighted by Gasteiger charge is 2.20. The number of amides is 5. The number of aryl methyl sites for hydroxylation is 2. The molecule has 25 heteroatoms. The van der Waals surface area contributed by atoms with Gasteiger partial charge in [0, 0.05) is 105 Å². The van der Waals surface area contributed by atoms with E-state index in [1.165, 1.54) is 4.57 Å². The van der Waals surface area contributed by atoms with E-state index in [9.17, 15) is 24.0 Å². The molecule has 0 bridgehead atoms. The summed E-state index contributed by atoms with van der Waals surface area (Å²) in [5, 5.41) is 22.0. The lowest BCUT2D eigenvalue weighted by atomic mass is 10.0. The van der Waals surface area contributed by atoms with Crippen LogP contribution in [0.3, 0.4) is 0 Å². The van der Waals surface area contributed by atoms with Gasteiger partial charge in [0.25, 0.3) is 11.1 Å². The van der Waals surface area contributed by atoms with Gasteiger partial charge in [-0.3, -0.25) is 35.5 Å². The summed E-state index contributed by atoms with van der Waals surface area (Å²) in [6.45, 7) is 7.53. The van der Waals surface area contributed by atoms with Gasteiger partial charge in [-0.1, -0.05) is 12.1 Å². The van der Waals surface area contributed by atoms with Crippen molar-refractivity contribution >= 4 is 69.1 Å². The van der Waals surface area contributed by atoms with Crippen molar-refractivity contribution in [2.75, 3.05) is 35.6 Å². The van der Waals surface area contributed by atoms with Gasteiger partial charge in [-0.05, 0) is 140 Å². The lowest BCUT2D eigenvalue weighted by Crippen LogP contribution is -2.28. The molecule has 0 fully saturated rings. The first kappa shape index (κ1) is 55.4. The van der Waals surface area contributed by atoms with E-state index in [-0.39, 0.29) is 29.8 Å². The molecule has 1 aliphatic heterocycles. The number of fused-ring (bicyclic) bond motifs is 4. The third-order valence-corrected chi connectivity index (χ3v) is 13.6. The van der Waals surface area contributed by atoms with Gasteiger partial charge in [-0.2, -0.15) is 10.2 Å². The molecule has 0 saturated carbocycles. The molecule has 85 heavy (non-hydrogen) atoms. The molecule has 12 aromatic rings. The number of ether oxygens (including phenoxy) is 1. The highest BCUT2D eigenvalue weighted by molar-refractivity contribution is 5.99. The number of carbonyl (C=O) groups excluding carboxylic acids is 3. The molecule has 3 aromatic carbocycles. The second-order valence-electron chi connectivity index (χ2n) is 19.3. The Kier molecular flexibility index (Phi) is 16.1. The smallest absolute Gasteiger partial charge is 0.413 e. The second kappa shape index (κ2) is 24.7. The van der Waals surface area contributed by atoms with Crippen LogP contribution in [-0.2, 0) is 24.8 Å². The van der Waals surface area contributed by atoms with Gasteiger partial charge in [0.15, 0.2) is 0 Å². The van der Waals surface area contributed by atoms with Crippen LogP contribution in [0.4, 0.5) is 32.2 Å². The Morgan fingerprint density at radius 3 is 1.73 bits per heavy atom. The van der Waals surface area contributed by atoms with Crippen molar-refractivity contribution in [3.63, 3.8) is 0 Å². The molecule has 428 valence electrons. The van der Waals surface area contributed by atoms with Crippen molar-refractivity contribution in [1.82, 2.24) is 79.2 Å². The molecule has 0 aliphatic carbocycles. The monoisotopic (exact) mass is 1140 g/mol. The summed E-state index contributed by atoms with van der Waals surface area (Å²) < 4.78 is 11.7. The van der Waals surface area contributed by atoms with E-state index < -0.39 is 6.09 Å². The number of nitrogens with one attached hydrogen (secondary N) is 8. The van der Waals surface area contributed by atoms with Gasteiger partial charge in [0.2, 0.25) is 17.8 Å². The molecule has 1 aliphatic rings. The average molecular weight is 1140 g/mol. The zero-order chi connectivity index (χ0) is 59.0. The highest BCUT2D eigenvalue weighted by atomic mass is 16.5. The number of urea groups is 2. The highest BCUT2D eigenvalue weighted by Crippen LogP contribution is 2.34. The van der Waals surface area contributed by atoms with Gasteiger partial charge in [-0.15, -0.1) is 0 Å². The van der Waals surface area contributed by atoms with Crippen molar-refractivity contribution in [1.29, 1.82) is 0 Å². The van der Waals surface area contributed by atoms with Crippen molar-refractivity contribution in [2.24, 2.45) is 7.05 Å². The molecule has 10 heterocycles. The maximum atomic E-state index is 12.5. The third-order valence-electron chi connectivity index (χ3n) is 13.6. The summed E-state index contributed by atoms with van der Waals surface area (Å²) in [6.07, 6.45) is 15.4. The maximum Gasteiger partial charge on any atom is 0.413 e. The SMILES string of the molecule is CCNC(=O)Nc1nc2c(-c3ccccn3)cc(-c3ccn(C)c(=O)c3)cc2[nH]1.CCNC(=O)Nc1nc2c(-n3cccn3)cc(-c3cc4n(c(=O)c3)CCC4)cc2[nH]1.CCOC(=O)Nc1nc2c(-n3cccn3)cc(-c3cccnc3)cc2[nH]1. The molecule has 0 atom stereocenters. The van der Waals surface area contributed by atoms with Crippen LogP contribution in [-0.4, -0.2) is 106 Å². The number of carbonyl (C=O) groups is 3. The van der Waals surface area contributed by atoms with Crippen LogP contribution in [0.25, 0.3) is 89.1 Å².